The van der Waals surface area contributed by atoms with Crippen LogP contribution in [0.5, 0.6) is 0 Å². The number of carbonyl (C=O) groups is 2. The zero-order valence-corrected chi connectivity index (χ0v) is 26.2. The number of hydrogen-bond acceptors (Lipinski definition) is 4. The quantitative estimate of drug-likeness (QED) is 0.228. The minimum absolute atomic E-state index is 0.0388. The normalized spacial score (nSPS) is 12.3. The molecule has 4 rings (SSSR count). The van der Waals surface area contributed by atoms with E-state index in [1.165, 1.54) is 35.2 Å². The number of benzene rings is 4. The van der Waals surface area contributed by atoms with Crippen LogP contribution in [0.3, 0.4) is 0 Å². The van der Waals surface area contributed by atoms with E-state index in [4.69, 9.17) is 0 Å². The molecule has 0 aromatic heterocycles. The van der Waals surface area contributed by atoms with Gasteiger partial charge in [0.1, 0.15) is 18.4 Å². The number of hydrogen-bond donors (Lipinski definition) is 1. The minimum atomic E-state index is -4.37. The number of para-hydroxylation sites is 1. The maximum absolute atomic E-state index is 15.2. The molecular weight excluding hydrogens is 577 g/mol. The molecule has 0 heterocycles. The zero-order valence-electron chi connectivity index (χ0n) is 25.4. The van der Waals surface area contributed by atoms with Gasteiger partial charge in [-0.1, -0.05) is 84.9 Å². The van der Waals surface area contributed by atoms with E-state index < -0.39 is 39.9 Å². The lowest BCUT2D eigenvalue weighted by Gasteiger charge is -2.35. The molecule has 0 saturated heterocycles. The topological polar surface area (TPSA) is 86.8 Å². The number of halogens is 1. The molecule has 0 saturated carbocycles. The first-order valence-corrected chi connectivity index (χ1v) is 15.8. The average Bonchev–Trinajstić information content (AvgIpc) is 2.99. The van der Waals surface area contributed by atoms with Gasteiger partial charge in [0, 0.05) is 18.5 Å². The summed E-state index contributed by atoms with van der Waals surface area (Å²) in [7, 11) is -4.37. The van der Waals surface area contributed by atoms with E-state index in [1.807, 2.05) is 82.3 Å². The highest BCUT2D eigenvalue weighted by molar-refractivity contribution is 7.92. The number of nitrogens with zero attached hydrogens (tertiary/aromatic N) is 2. The molecule has 1 N–H and O–H groups in total. The number of sulfonamides is 1. The van der Waals surface area contributed by atoms with Crippen LogP contribution in [0.15, 0.2) is 114 Å². The summed E-state index contributed by atoms with van der Waals surface area (Å²) >= 11 is 0. The molecule has 1 atom stereocenters. The average molecular weight is 616 g/mol. The fourth-order valence-corrected chi connectivity index (χ4v) is 6.31. The summed E-state index contributed by atoms with van der Waals surface area (Å²) in [4.78, 5) is 29.7. The monoisotopic (exact) mass is 615 g/mol. The molecule has 0 aliphatic carbocycles. The van der Waals surface area contributed by atoms with E-state index in [0.717, 1.165) is 27.1 Å². The summed E-state index contributed by atoms with van der Waals surface area (Å²) < 4.78 is 43.9. The standard InChI is InChI=1S/C35H38FN3O4S/c1-26-15-11-12-18-28(26)24-38(32(34(41)37-35(2,3)4)23-27-16-7-5-8-17-27)33(40)25-39(31-22-14-13-21-30(31)36)44(42,43)29-19-9-6-10-20-29/h5-22,32H,23-25H2,1-4H3,(H,37,41)/t32-/m0/s1. The molecule has 230 valence electrons. The Hall–Kier alpha value is -4.50. The van der Waals surface area contributed by atoms with Crippen LogP contribution in [0.4, 0.5) is 10.1 Å². The Morgan fingerprint density at radius 1 is 0.818 bits per heavy atom. The summed E-state index contributed by atoms with van der Waals surface area (Å²) in [6.07, 6.45) is 0.186. The maximum atomic E-state index is 15.2. The summed E-state index contributed by atoms with van der Waals surface area (Å²) in [6.45, 7) is 6.78. The molecule has 0 aliphatic rings. The molecule has 0 unspecified atom stereocenters. The van der Waals surface area contributed by atoms with Gasteiger partial charge in [0.2, 0.25) is 11.8 Å². The largest absolute Gasteiger partial charge is 0.350 e. The maximum Gasteiger partial charge on any atom is 0.264 e. The van der Waals surface area contributed by atoms with E-state index in [0.29, 0.717) is 0 Å². The van der Waals surface area contributed by atoms with Crippen LogP contribution in [-0.2, 0) is 32.6 Å². The third-order valence-corrected chi connectivity index (χ3v) is 8.88. The van der Waals surface area contributed by atoms with Gasteiger partial charge >= 0.3 is 0 Å². The Kier molecular flexibility index (Phi) is 10.2. The first-order valence-electron chi connectivity index (χ1n) is 14.4. The van der Waals surface area contributed by atoms with E-state index in [1.54, 1.807) is 18.2 Å². The summed E-state index contributed by atoms with van der Waals surface area (Å²) in [5.41, 5.74) is 1.67. The number of nitrogens with one attached hydrogen (secondary N) is 1. The Bertz CT molecular complexity index is 1690. The highest BCUT2D eigenvalue weighted by Gasteiger charge is 2.36. The molecule has 4 aromatic carbocycles. The minimum Gasteiger partial charge on any atom is -0.350 e. The van der Waals surface area contributed by atoms with Gasteiger partial charge < -0.3 is 10.2 Å². The smallest absolute Gasteiger partial charge is 0.264 e. The number of rotatable bonds is 11. The lowest BCUT2D eigenvalue weighted by Crippen LogP contribution is -2.56. The second-order valence-corrected chi connectivity index (χ2v) is 13.5. The summed E-state index contributed by atoms with van der Waals surface area (Å²) in [5.74, 6) is -1.83. The molecule has 7 nitrogen and oxygen atoms in total. The van der Waals surface area contributed by atoms with E-state index in [2.05, 4.69) is 5.32 Å². The molecule has 44 heavy (non-hydrogen) atoms. The van der Waals surface area contributed by atoms with Crippen molar-refractivity contribution in [2.24, 2.45) is 0 Å². The van der Waals surface area contributed by atoms with E-state index in [-0.39, 0.29) is 29.5 Å². The van der Waals surface area contributed by atoms with Gasteiger partial charge in [-0.15, -0.1) is 0 Å². The molecule has 0 fully saturated rings. The predicted molar refractivity (Wildman–Crippen MR) is 171 cm³/mol. The Morgan fingerprint density at radius 2 is 1.39 bits per heavy atom. The van der Waals surface area contributed by atoms with Crippen LogP contribution in [0, 0.1) is 12.7 Å². The van der Waals surface area contributed by atoms with Crippen LogP contribution >= 0.6 is 0 Å². The van der Waals surface area contributed by atoms with Crippen molar-refractivity contribution in [1.82, 2.24) is 10.2 Å². The van der Waals surface area contributed by atoms with Gasteiger partial charge in [-0.2, -0.15) is 0 Å². The molecular formula is C35H38FN3O4S. The van der Waals surface area contributed by atoms with Crippen LogP contribution in [0.1, 0.15) is 37.5 Å². The number of anilines is 1. The second-order valence-electron chi connectivity index (χ2n) is 11.7. The molecule has 0 aliphatic heterocycles. The number of carbonyl (C=O) groups excluding carboxylic acids is 2. The SMILES string of the molecule is Cc1ccccc1CN(C(=O)CN(c1ccccc1F)S(=O)(=O)c1ccccc1)[C@@H](Cc1ccccc1)C(=O)NC(C)(C)C. The van der Waals surface area contributed by atoms with Crippen molar-refractivity contribution in [2.45, 2.75) is 57.1 Å². The first-order chi connectivity index (χ1) is 20.9. The Labute approximate surface area is 259 Å². The van der Waals surface area contributed by atoms with Crippen LogP contribution in [-0.4, -0.2) is 43.3 Å². The molecule has 4 aromatic rings. The van der Waals surface area contributed by atoms with Crippen molar-refractivity contribution >= 4 is 27.5 Å². The number of amides is 2. The lowest BCUT2D eigenvalue weighted by atomic mass is 10.00. The Balaban J connectivity index is 1.83. The first kappa shape index (κ1) is 32.4. The molecule has 0 bridgehead atoms. The van der Waals surface area contributed by atoms with E-state index in [9.17, 15) is 18.0 Å². The van der Waals surface area contributed by atoms with Crippen molar-refractivity contribution in [3.05, 3.63) is 132 Å². The van der Waals surface area contributed by atoms with Crippen LogP contribution < -0.4 is 9.62 Å². The van der Waals surface area contributed by atoms with Crippen molar-refractivity contribution < 1.29 is 22.4 Å². The van der Waals surface area contributed by atoms with Gasteiger partial charge in [0.25, 0.3) is 10.0 Å². The van der Waals surface area contributed by atoms with Crippen molar-refractivity contribution in [2.75, 3.05) is 10.8 Å². The summed E-state index contributed by atoms with van der Waals surface area (Å²) in [6, 6.07) is 28.8. The van der Waals surface area contributed by atoms with Crippen LogP contribution in [0.2, 0.25) is 0 Å². The van der Waals surface area contributed by atoms with E-state index >= 15 is 4.39 Å². The van der Waals surface area contributed by atoms with Gasteiger partial charge in [-0.25, -0.2) is 12.8 Å². The summed E-state index contributed by atoms with van der Waals surface area (Å²) in [5, 5.41) is 3.00. The third kappa shape index (κ3) is 8.11. The highest BCUT2D eigenvalue weighted by Crippen LogP contribution is 2.27. The van der Waals surface area contributed by atoms with Crippen molar-refractivity contribution in [1.29, 1.82) is 0 Å². The second kappa shape index (κ2) is 13.9. The molecule has 9 heteroatoms. The molecule has 2 amide bonds. The zero-order chi connectivity index (χ0) is 31.9. The van der Waals surface area contributed by atoms with Crippen molar-refractivity contribution in [3.8, 4) is 0 Å². The fraction of sp³-hybridized carbons (Fsp3) is 0.257. The molecule has 0 spiro atoms. The van der Waals surface area contributed by atoms with Gasteiger partial charge in [-0.3, -0.25) is 13.9 Å². The Morgan fingerprint density at radius 3 is 2.00 bits per heavy atom. The molecule has 0 radical (unpaired) electrons. The highest BCUT2D eigenvalue weighted by atomic mass is 32.2. The van der Waals surface area contributed by atoms with Gasteiger partial charge in [-0.05, 0) is 68.7 Å². The van der Waals surface area contributed by atoms with Crippen LogP contribution in [0.25, 0.3) is 0 Å². The van der Waals surface area contributed by atoms with Gasteiger partial charge in [0.15, 0.2) is 0 Å². The lowest BCUT2D eigenvalue weighted by molar-refractivity contribution is -0.140. The van der Waals surface area contributed by atoms with Gasteiger partial charge in [0.05, 0.1) is 10.6 Å². The number of aryl methyl sites for hydroxylation is 1. The fourth-order valence-electron chi connectivity index (χ4n) is 4.86. The predicted octanol–water partition coefficient (Wildman–Crippen LogP) is 5.88. The van der Waals surface area contributed by atoms with Crippen molar-refractivity contribution in [3.63, 3.8) is 0 Å². The third-order valence-electron chi connectivity index (χ3n) is 7.10.